The second-order valence-corrected chi connectivity index (χ2v) is 5.49. The number of benzene rings is 1. The summed E-state index contributed by atoms with van der Waals surface area (Å²) >= 11 is 0. The molecular weight excluding hydrogens is 270 g/mol. The minimum Gasteiger partial charge on any atom is -0.493 e. The average Bonchev–Trinajstić information content (AvgIpc) is 2.45. The SMILES string of the molecule is CCCC(C)(O)CNCC(O)COc1ccccc1OC. The molecule has 0 aliphatic carbocycles. The predicted octanol–water partition coefficient (Wildman–Crippen LogP) is 1.58. The van der Waals surface area contributed by atoms with Crippen LogP contribution < -0.4 is 14.8 Å². The van der Waals surface area contributed by atoms with Crippen molar-refractivity contribution in [1.82, 2.24) is 5.32 Å². The Kier molecular flexibility index (Phi) is 7.50. The molecular formula is C16H27NO4. The van der Waals surface area contributed by atoms with Gasteiger partial charge in [-0.05, 0) is 25.5 Å². The molecule has 1 aromatic carbocycles. The van der Waals surface area contributed by atoms with Crippen molar-refractivity contribution in [3.05, 3.63) is 24.3 Å². The summed E-state index contributed by atoms with van der Waals surface area (Å²) in [5.74, 6) is 1.25. The van der Waals surface area contributed by atoms with Crippen LogP contribution in [0.2, 0.25) is 0 Å². The monoisotopic (exact) mass is 297 g/mol. The second-order valence-electron chi connectivity index (χ2n) is 5.49. The third kappa shape index (κ3) is 6.80. The van der Waals surface area contributed by atoms with Crippen molar-refractivity contribution in [2.45, 2.75) is 38.4 Å². The standard InChI is InChI=1S/C16H27NO4/c1-4-9-16(2,19)12-17-10-13(18)11-21-15-8-6-5-7-14(15)20-3/h5-8,13,17-19H,4,9-12H2,1-3H3. The first-order chi connectivity index (χ1) is 9.98. The zero-order valence-electron chi connectivity index (χ0n) is 13.1. The molecule has 0 saturated carbocycles. The van der Waals surface area contributed by atoms with Gasteiger partial charge in [-0.25, -0.2) is 0 Å². The Bertz CT molecular complexity index is 409. The molecule has 2 atom stereocenters. The summed E-state index contributed by atoms with van der Waals surface area (Å²) in [7, 11) is 1.58. The number of nitrogens with one attached hydrogen (secondary N) is 1. The van der Waals surface area contributed by atoms with Gasteiger partial charge in [0.2, 0.25) is 0 Å². The Balaban J connectivity index is 2.29. The summed E-state index contributed by atoms with van der Waals surface area (Å²) in [6, 6.07) is 7.32. The van der Waals surface area contributed by atoms with Crippen LogP contribution in [0.5, 0.6) is 11.5 Å². The van der Waals surface area contributed by atoms with Crippen molar-refractivity contribution in [2.75, 3.05) is 26.8 Å². The van der Waals surface area contributed by atoms with E-state index in [1.165, 1.54) is 0 Å². The van der Waals surface area contributed by atoms with Crippen LogP contribution in [-0.2, 0) is 0 Å². The highest BCUT2D eigenvalue weighted by Gasteiger charge is 2.19. The van der Waals surface area contributed by atoms with Crippen molar-refractivity contribution in [1.29, 1.82) is 0 Å². The molecule has 0 saturated heterocycles. The number of rotatable bonds is 10. The van der Waals surface area contributed by atoms with Gasteiger partial charge in [0.25, 0.3) is 0 Å². The third-order valence-electron chi connectivity index (χ3n) is 3.17. The summed E-state index contributed by atoms with van der Waals surface area (Å²) in [5, 5.41) is 23.0. The largest absolute Gasteiger partial charge is 0.493 e. The molecule has 0 bridgehead atoms. The molecule has 0 aromatic heterocycles. The maximum absolute atomic E-state index is 10.0. The van der Waals surface area contributed by atoms with Crippen LogP contribution in [-0.4, -0.2) is 48.7 Å². The molecule has 5 heteroatoms. The lowest BCUT2D eigenvalue weighted by Gasteiger charge is -2.24. The van der Waals surface area contributed by atoms with Crippen LogP contribution in [0.15, 0.2) is 24.3 Å². The van der Waals surface area contributed by atoms with Gasteiger partial charge in [-0.3, -0.25) is 0 Å². The van der Waals surface area contributed by atoms with Crippen molar-refractivity contribution in [2.24, 2.45) is 0 Å². The molecule has 3 N–H and O–H groups in total. The highest BCUT2D eigenvalue weighted by atomic mass is 16.5. The lowest BCUT2D eigenvalue weighted by atomic mass is 10.0. The summed E-state index contributed by atoms with van der Waals surface area (Å²) in [6.07, 6.45) is 1.01. The number of hydrogen-bond acceptors (Lipinski definition) is 5. The number of methoxy groups -OCH3 is 1. The fraction of sp³-hybridized carbons (Fsp3) is 0.625. The third-order valence-corrected chi connectivity index (χ3v) is 3.17. The van der Waals surface area contributed by atoms with E-state index in [0.717, 1.165) is 12.8 Å². The predicted molar refractivity (Wildman–Crippen MR) is 82.9 cm³/mol. The highest BCUT2D eigenvalue weighted by molar-refractivity contribution is 5.39. The first-order valence-electron chi connectivity index (χ1n) is 7.35. The van der Waals surface area contributed by atoms with Crippen molar-refractivity contribution in [3.63, 3.8) is 0 Å². The maximum atomic E-state index is 10.0. The molecule has 0 fully saturated rings. The summed E-state index contributed by atoms with van der Waals surface area (Å²) in [5.41, 5.74) is -0.738. The molecule has 5 nitrogen and oxygen atoms in total. The van der Waals surface area contributed by atoms with Gasteiger partial charge in [-0.1, -0.05) is 25.5 Å². The Morgan fingerprint density at radius 3 is 2.57 bits per heavy atom. The molecule has 21 heavy (non-hydrogen) atoms. The molecule has 0 radical (unpaired) electrons. The van der Waals surface area contributed by atoms with E-state index in [1.54, 1.807) is 20.1 Å². The Morgan fingerprint density at radius 1 is 1.29 bits per heavy atom. The summed E-state index contributed by atoms with van der Waals surface area (Å²) in [4.78, 5) is 0. The fourth-order valence-corrected chi connectivity index (χ4v) is 2.12. The molecule has 0 heterocycles. The van der Waals surface area contributed by atoms with Crippen LogP contribution in [0.3, 0.4) is 0 Å². The number of aliphatic hydroxyl groups excluding tert-OH is 1. The van der Waals surface area contributed by atoms with Gasteiger partial charge in [0.05, 0.1) is 12.7 Å². The van der Waals surface area contributed by atoms with Crippen molar-refractivity contribution < 1.29 is 19.7 Å². The van der Waals surface area contributed by atoms with E-state index in [-0.39, 0.29) is 6.61 Å². The second kappa shape index (κ2) is 8.87. The van der Waals surface area contributed by atoms with Gasteiger partial charge < -0.3 is 25.0 Å². The van der Waals surface area contributed by atoms with Gasteiger partial charge in [0, 0.05) is 13.1 Å². The van der Waals surface area contributed by atoms with E-state index in [4.69, 9.17) is 9.47 Å². The van der Waals surface area contributed by atoms with Crippen LogP contribution in [0.25, 0.3) is 0 Å². The van der Waals surface area contributed by atoms with Gasteiger partial charge in [-0.2, -0.15) is 0 Å². The summed E-state index contributed by atoms with van der Waals surface area (Å²) in [6.45, 7) is 4.82. The van der Waals surface area contributed by atoms with Crippen LogP contribution in [0.4, 0.5) is 0 Å². The van der Waals surface area contributed by atoms with E-state index in [1.807, 2.05) is 25.1 Å². The quantitative estimate of drug-likeness (QED) is 0.611. The number of aliphatic hydroxyl groups is 2. The Morgan fingerprint density at radius 2 is 1.95 bits per heavy atom. The molecule has 0 amide bonds. The smallest absolute Gasteiger partial charge is 0.161 e. The maximum Gasteiger partial charge on any atom is 0.161 e. The minimum atomic E-state index is -0.738. The Hall–Kier alpha value is -1.30. The van der Waals surface area contributed by atoms with Gasteiger partial charge in [0.15, 0.2) is 11.5 Å². The molecule has 1 aromatic rings. The molecule has 0 spiro atoms. The number of para-hydroxylation sites is 2. The summed E-state index contributed by atoms with van der Waals surface area (Å²) < 4.78 is 10.7. The van der Waals surface area contributed by atoms with Crippen molar-refractivity contribution >= 4 is 0 Å². The Labute approximate surface area is 126 Å². The number of hydrogen-bond donors (Lipinski definition) is 3. The fourth-order valence-electron chi connectivity index (χ4n) is 2.12. The lowest BCUT2D eigenvalue weighted by Crippen LogP contribution is -2.41. The first-order valence-corrected chi connectivity index (χ1v) is 7.35. The first kappa shape index (κ1) is 17.8. The number of ether oxygens (including phenoxy) is 2. The molecule has 120 valence electrons. The topological polar surface area (TPSA) is 71.0 Å². The molecule has 0 aliphatic heterocycles. The van der Waals surface area contributed by atoms with Gasteiger partial charge in [-0.15, -0.1) is 0 Å². The lowest BCUT2D eigenvalue weighted by molar-refractivity contribution is 0.0426. The van der Waals surface area contributed by atoms with Gasteiger partial charge >= 0.3 is 0 Å². The van der Waals surface area contributed by atoms with E-state index >= 15 is 0 Å². The highest BCUT2D eigenvalue weighted by Crippen LogP contribution is 2.25. The van der Waals surface area contributed by atoms with E-state index in [0.29, 0.717) is 24.6 Å². The van der Waals surface area contributed by atoms with Crippen LogP contribution >= 0.6 is 0 Å². The van der Waals surface area contributed by atoms with Crippen LogP contribution in [0, 0.1) is 0 Å². The average molecular weight is 297 g/mol. The minimum absolute atomic E-state index is 0.170. The molecule has 1 rings (SSSR count). The zero-order valence-corrected chi connectivity index (χ0v) is 13.1. The zero-order chi connectivity index (χ0) is 15.7. The molecule has 2 unspecified atom stereocenters. The van der Waals surface area contributed by atoms with E-state index in [2.05, 4.69) is 5.32 Å². The van der Waals surface area contributed by atoms with E-state index < -0.39 is 11.7 Å². The van der Waals surface area contributed by atoms with Crippen LogP contribution in [0.1, 0.15) is 26.7 Å². The van der Waals surface area contributed by atoms with Crippen molar-refractivity contribution in [3.8, 4) is 11.5 Å². The molecule has 0 aliphatic rings. The van der Waals surface area contributed by atoms with E-state index in [9.17, 15) is 10.2 Å². The van der Waals surface area contributed by atoms with Gasteiger partial charge in [0.1, 0.15) is 12.7 Å². The normalized spacial score (nSPS) is 15.3.